The first-order valence-electron chi connectivity index (χ1n) is 5.14. The molecule has 0 saturated carbocycles. The van der Waals surface area contributed by atoms with Crippen molar-refractivity contribution < 1.29 is 19.1 Å². The van der Waals surface area contributed by atoms with Crippen molar-refractivity contribution in [2.75, 3.05) is 7.05 Å². The molecule has 1 N–H and O–H groups in total. The van der Waals surface area contributed by atoms with E-state index in [0.717, 1.165) is 11.0 Å². The van der Waals surface area contributed by atoms with E-state index in [0.29, 0.717) is 4.47 Å². The molecule has 98 valence electrons. The molecule has 0 aliphatic heterocycles. The van der Waals surface area contributed by atoms with Gasteiger partial charge >= 0.3 is 5.97 Å². The zero-order chi connectivity index (χ0) is 14.1. The van der Waals surface area contributed by atoms with Gasteiger partial charge in [0.05, 0.1) is 0 Å². The average Bonchev–Trinajstić information content (AvgIpc) is 2.29. The van der Waals surface area contributed by atoms with E-state index in [-0.39, 0.29) is 5.56 Å². The summed E-state index contributed by atoms with van der Waals surface area (Å²) in [6, 6.07) is 3.99. The Kier molecular flexibility index (Phi) is 4.11. The highest BCUT2D eigenvalue weighted by Gasteiger charge is 2.43. The number of amides is 1. The second kappa shape index (κ2) is 5.06. The van der Waals surface area contributed by atoms with Gasteiger partial charge in [0.25, 0.3) is 0 Å². The van der Waals surface area contributed by atoms with Crippen LogP contribution in [0.3, 0.4) is 0 Å². The number of benzene rings is 1. The van der Waals surface area contributed by atoms with E-state index < -0.39 is 23.2 Å². The van der Waals surface area contributed by atoms with E-state index in [4.69, 9.17) is 0 Å². The van der Waals surface area contributed by atoms with Gasteiger partial charge in [0, 0.05) is 24.0 Å². The van der Waals surface area contributed by atoms with Crippen molar-refractivity contribution in [1.82, 2.24) is 4.90 Å². The van der Waals surface area contributed by atoms with Gasteiger partial charge in [0.1, 0.15) is 5.82 Å². The first kappa shape index (κ1) is 14.6. The molecule has 1 amide bonds. The van der Waals surface area contributed by atoms with Crippen molar-refractivity contribution in [2.45, 2.75) is 19.4 Å². The van der Waals surface area contributed by atoms with Crippen molar-refractivity contribution in [1.29, 1.82) is 0 Å². The van der Waals surface area contributed by atoms with Gasteiger partial charge in [-0.2, -0.15) is 0 Å². The maximum Gasteiger partial charge on any atom is 0.334 e. The zero-order valence-corrected chi connectivity index (χ0v) is 11.8. The number of halogens is 2. The van der Waals surface area contributed by atoms with E-state index >= 15 is 0 Å². The minimum atomic E-state index is -1.75. The van der Waals surface area contributed by atoms with Crippen LogP contribution < -0.4 is 0 Å². The molecule has 0 saturated heterocycles. The van der Waals surface area contributed by atoms with Crippen LogP contribution in [0.4, 0.5) is 4.39 Å². The molecule has 18 heavy (non-hydrogen) atoms. The number of hydrogen-bond acceptors (Lipinski definition) is 2. The van der Waals surface area contributed by atoms with E-state index in [1.807, 2.05) is 0 Å². The Morgan fingerprint density at radius 1 is 1.44 bits per heavy atom. The van der Waals surface area contributed by atoms with Crippen LogP contribution >= 0.6 is 15.9 Å². The Labute approximate surface area is 113 Å². The van der Waals surface area contributed by atoms with E-state index in [9.17, 15) is 19.1 Å². The Morgan fingerprint density at radius 2 is 2.00 bits per heavy atom. The van der Waals surface area contributed by atoms with E-state index in [2.05, 4.69) is 15.9 Å². The van der Waals surface area contributed by atoms with Crippen molar-refractivity contribution in [3.63, 3.8) is 0 Å². The molecule has 0 bridgehead atoms. The van der Waals surface area contributed by atoms with Gasteiger partial charge in [-0.05, 0) is 25.1 Å². The van der Waals surface area contributed by atoms with E-state index in [1.54, 1.807) is 0 Å². The number of likely N-dealkylation sites (N-methyl/N-ethyl adjacent to an activating group) is 1. The second-order valence-electron chi connectivity index (χ2n) is 4.08. The van der Waals surface area contributed by atoms with Crippen molar-refractivity contribution in [3.8, 4) is 0 Å². The first-order chi connectivity index (χ1) is 8.21. The summed E-state index contributed by atoms with van der Waals surface area (Å²) in [5, 5.41) is 9.34. The highest BCUT2D eigenvalue weighted by molar-refractivity contribution is 9.10. The molecule has 0 aromatic heterocycles. The molecule has 0 fully saturated rings. The standard InChI is InChI=1S/C12H13BrFNO3/c1-7(16)15(3)12(2,11(17)18)9-6-8(13)4-5-10(9)14/h4-6H,1-3H3,(H,17,18). The second-order valence-corrected chi connectivity index (χ2v) is 5.00. The SMILES string of the molecule is CC(=O)N(C)C(C)(C(=O)O)c1cc(Br)ccc1F. The van der Waals surface area contributed by atoms with E-state index in [1.165, 1.54) is 33.0 Å². The number of nitrogens with zero attached hydrogens (tertiary/aromatic N) is 1. The van der Waals surface area contributed by atoms with Crippen LogP contribution in [-0.4, -0.2) is 28.9 Å². The number of hydrogen-bond donors (Lipinski definition) is 1. The lowest BCUT2D eigenvalue weighted by Gasteiger charge is -2.35. The summed E-state index contributed by atoms with van der Waals surface area (Å²) in [5.74, 6) is -2.42. The summed E-state index contributed by atoms with van der Waals surface area (Å²) in [6.45, 7) is 2.53. The average molecular weight is 318 g/mol. The van der Waals surface area contributed by atoms with Crippen LogP contribution in [0.5, 0.6) is 0 Å². The van der Waals surface area contributed by atoms with Crippen LogP contribution in [0.25, 0.3) is 0 Å². The van der Waals surface area contributed by atoms with Gasteiger partial charge in [-0.3, -0.25) is 4.79 Å². The predicted octanol–water partition coefficient (Wildman–Crippen LogP) is 2.37. The Balaban J connectivity index is 3.50. The molecular weight excluding hydrogens is 305 g/mol. The minimum Gasteiger partial charge on any atom is -0.479 e. The summed E-state index contributed by atoms with van der Waals surface area (Å²) in [5.41, 5.74) is -1.82. The Morgan fingerprint density at radius 3 is 2.44 bits per heavy atom. The lowest BCUT2D eigenvalue weighted by molar-refractivity contribution is -0.156. The summed E-state index contributed by atoms with van der Waals surface area (Å²) >= 11 is 3.16. The number of aliphatic carboxylic acids is 1. The fourth-order valence-electron chi connectivity index (χ4n) is 1.62. The molecule has 1 rings (SSSR count). The fourth-order valence-corrected chi connectivity index (χ4v) is 1.99. The summed E-state index contributed by atoms with van der Waals surface area (Å²) < 4.78 is 14.4. The molecule has 0 radical (unpaired) electrons. The fraction of sp³-hybridized carbons (Fsp3) is 0.333. The lowest BCUT2D eigenvalue weighted by atomic mass is 9.90. The zero-order valence-electron chi connectivity index (χ0n) is 10.2. The molecule has 0 aliphatic carbocycles. The van der Waals surface area contributed by atoms with Crippen molar-refractivity contribution in [3.05, 3.63) is 34.1 Å². The van der Waals surface area contributed by atoms with Gasteiger partial charge in [-0.15, -0.1) is 0 Å². The molecule has 1 aromatic rings. The van der Waals surface area contributed by atoms with Crippen LogP contribution in [0.2, 0.25) is 0 Å². The number of carboxylic acids is 1. The quantitative estimate of drug-likeness (QED) is 0.931. The molecular formula is C12H13BrFNO3. The largest absolute Gasteiger partial charge is 0.479 e. The Hall–Kier alpha value is -1.43. The van der Waals surface area contributed by atoms with Gasteiger partial charge in [0.2, 0.25) is 5.91 Å². The third kappa shape index (κ3) is 2.38. The third-order valence-corrected chi connectivity index (χ3v) is 3.51. The summed E-state index contributed by atoms with van der Waals surface area (Å²) in [7, 11) is 1.33. The molecule has 6 heteroatoms. The number of carbonyl (C=O) groups excluding carboxylic acids is 1. The summed E-state index contributed by atoms with van der Waals surface area (Å²) in [6.07, 6.45) is 0. The first-order valence-corrected chi connectivity index (χ1v) is 5.94. The topological polar surface area (TPSA) is 57.6 Å². The molecule has 1 aromatic carbocycles. The molecule has 0 spiro atoms. The van der Waals surface area contributed by atoms with Crippen LogP contribution in [0, 0.1) is 5.82 Å². The maximum atomic E-state index is 13.8. The number of carbonyl (C=O) groups is 2. The van der Waals surface area contributed by atoms with Crippen molar-refractivity contribution >= 4 is 27.8 Å². The monoisotopic (exact) mass is 317 g/mol. The minimum absolute atomic E-state index is 0.0675. The van der Waals surface area contributed by atoms with Gasteiger partial charge in [-0.25, -0.2) is 9.18 Å². The lowest BCUT2D eigenvalue weighted by Crippen LogP contribution is -2.50. The molecule has 0 aliphatic rings. The molecule has 1 unspecified atom stereocenters. The van der Waals surface area contributed by atoms with Crippen LogP contribution in [-0.2, 0) is 15.1 Å². The maximum absolute atomic E-state index is 13.8. The summed E-state index contributed by atoms with van der Waals surface area (Å²) in [4.78, 5) is 23.8. The molecule has 1 atom stereocenters. The van der Waals surface area contributed by atoms with Gasteiger partial charge in [0.15, 0.2) is 5.54 Å². The van der Waals surface area contributed by atoms with Gasteiger partial charge < -0.3 is 10.0 Å². The normalized spacial score (nSPS) is 13.8. The molecule has 0 heterocycles. The van der Waals surface area contributed by atoms with Crippen molar-refractivity contribution in [2.24, 2.45) is 0 Å². The van der Waals surface area contributed by atoms with Gasteiger partial charge in [-0.1, -0.05) is 15.9 Å². The third-order valence-electron chi connectivity index (χ3n) is 3.01. The van der Waals surface area contributed by atoms with Crippen LogP contribution in [0.15, 0.2) is 22.7 Å². The number of carboxylic acid groups (broad SMARTS) is 1. The smallest absolute Gasteiger partial charge is 0.334 e. The molecule has 4 nitrogen and oxygen atoms in total. The van der Waals surface area contributed by atoms with Crippen LogP contribution in [0.1, 0.15) is 19.4 Å². The number of rotatable bonds is 3. The predicted molar refractivity (Wildman–Crippen MR) is 67.5 cm³/mol. The Bertz CT molecular complexity index is 506. The highest BCUT2D eigenvalue weighted by Crippen LogP contribution is 2.31. The highest BCUT2D eigenvalue weighted by atomic mass is 79.9.